The van der Waals surface area contributed by atoms with E-state index in [0.29, 0.717) is 5.41 Å². The van der Waals surface area contributed by atoms with Gasteiger partial charge in [0.1, 0.15) is 5.82 Å². The number of halogens is 1. The second-order valence-corrected chi connectivity index (χ2v) is 5.23. The van der Waals surface area contributed by atoms with Gasteiger partial charge < -0.3 is 4.90 Å². The summed E-state index contributed by atoms with van der Waals surface area (Å²) in [4.78, 5) is 6.77. The first-order chi connectivity index (χ1) is 7.21. The fourth-order valence-electron chi connectivity index (χ4n) is 2.22. The van der Waals surface area contributed by atoms with Crippen LogP contribution >= 0.6 is 15.9 Å². The average Bonchev–Trinajstić information content (AvgIpc) is 2.20. The summed E-state index contributed by atoms with van der Waals surface area (Å²) < 4.78 is 1.10. The summed E-state index contributed by atoms with van der Waals surface area (Å²) in [7, 11) is 0. The highest BCUT2D eigenvalue weighted by Gasteiger charge is 2.40. The molecule has 2 heterocycles. The molecule has 0 aliphatic carbocycles. The normalized spacial score (nSPS) is 18.7. The second-order valence-electron chi connectivity index (χ2n) is 4.37. The van der Waals surface area contributed by atoms with Crippen molar-refractivity contribution in [3.63, 3.8) is 0 Å². The monoisotopic (exact) mass is 268 g/mol. The van der Waals surface area contributed by atoms with E-state index in [4.69, 9.17) is 0 Å². The van der Waals surface area contributed by atoms with Crippen LogP contribution in [0.15, 0.2) is 22.8 Å². The molecule has 0 spiro atoms. The molecule has 2 rings (SSSR count). The maximum atomic E-state index is 4.41. The second kappa shape index (κ2) is 4.12. The highest BCUT2D eigenvalue weighted by atomic mass is 79.9. The smallest absolute Gasteiger partial charge is 0.142 e. The van der Waals surface area contributed by atoms with E-state index in [1.54, 1.807) is 0 Å². The van der Waals surface area contributed by atoms with Gasteiger partial charge in [0, 0.05) is 24.7 Å². The number of aromatic nitrogens is 1. The number of rotatable bonds is 3. The zero-order valence-corrected chi connectivity index (χ0v) is 10.9. The fourth-order valence-corrected chi connectivity index (χ4v) is 2.73. The van der Waals surface area contributed by atoms with Crippen LogP contribution in [0.5, 0.6) is 0 Å². The largest absolute Gasteiger partial charge is 0.354 e. The molecule has 82 valence electrons. The van der Waals surface area contributed by atoms with Crippen molar-refractivity contribution in [2.24, 2.45) is 5.41 Å². The molecule has 1 aromatic heterocycles. The molecule has 2 nitrogen and oxygen atoms in total. The van der Waals surface area contributed by atoms with Gasteiger partial charge in [0.2, 0.25) is 0 Å². The summed E-state index contributed by atoms with van der Waals surface area (Å²) >= 11 is 3.55. The number of anilines is 1. The SMILES string of the molecule is CCC1(CC)CN(c2ncccc2Br)C1. The minimum Gasteiger partial charge on any atom is -0.354 e. The Morgan fingerprint density at radius 2 is 2.07 bits per heavy atom. The molecule has 1 aliphatic heterocycles. The van der Waals surface area contributed by atoms with Crippen LogP contribution in [0, 0.1) is 5.41 Å². The Hall–Kier alpha value is -0.570. The van der Waals surface area contributed by atoms with Gasteiger partial charge >= 0.3 is 0 Å². The molecule has 1 saturated heterocycles. The molecule has 0 radical (unpaired) electrons. The van der Waals surface area contributed by atoms with Crippen molar-refractivity contribution in [3.8, 4) is 0 Å². The van der Waals surface area contributed by atoms with Gasteiger partial charge in [-0.2, -0.15) is 0 Å². The highest BCUT2D eigenvalue weighted by molar-refractivity contribution is 9.10. The molecule has 0 amide bonds. The Bertz CT molecular complexity index is 339. The van der Waals surface area contributed by atoms with Gasteiger partial charge in [-0.1, -0.05) is 13.8 Å². The molecule has 0 aromatic carbocycles. The molecule has 15 heavy (non-hydrogen) atoms. The van der Waals surface area contributed by atoms with Crippen LogP contribution in [0.2, 0.25) is 0 Å². The Labute approximate surface area is 99.8 Å². The fraction of sp³-hybridized carbons (Fsp3) is 0.583. The summed E-state index contributed by atoms with van der Waals surface area (Å²) in [5.74, 6) is 1.09. The van der Waals surface area contributed by atoms with Gasteiger partial charge in [-0.3, -0.25) is 0 Å². The lowest BCUT2D eigenvalue weighted by molar-refractivity contribution is 0.193. The van der Waals surface area contributed by atoms with E-state index in [1.165, 1.54) is 12.8 Å². The zero-order chi connectivity index (χ0) is 10.9. The van der Waals surface area contributed by atoms with Crippen LogP contribution in [0.3, 0.4) is 0 Å². The summed E-state index contributed by atoms with van der Waals surface area (Å²) in [5.41, 5.74) is 0.539. The van der Waals surface area contributed by atoms with Gasteiger partial charge in [-0.25, -0.2) is 4.98 Å². The molecular formula is C12H17BrN2. The summed E-state index contributed by atoms with van der Waals surface area (Å²) in [6, 6.07) is 4.01. The predicted molar refractivity (Wildman–Crippen MR) is 67.2 cm³/mol. The van der Waals surface area contributed by atoms with Crippen LogP contribution in [-0.2, 0) is 0 Å². The maximum Gasteiger partial charge on any atom is 0.142 e. The first-order valence-electron chi connectivity index (χ1n) is 5.56. The van der Waals surface area contributed by atoms with E-state index in [-0.39, 0.29) is 0 Å². The number of pyridine rings is 1. The predicted octanol–water partition coefficient (Wildman–Crippen LogP) is 3.47. The van der Waals surface area contributed by atoms with E-state index < -0.39 is 0 Å². The van der Waals surface area contributed by atoms with Gasteiger partial charge in [-0.15, -0.1) is 0 Å². The number of nitrogens with zero attached hydrogens (tertiary/aromatic N) is 2. The molecule has 3 heteroatoms. The minimum atomic E-state index is 0.539. The van der Waals surface area contributed by atoms with E-state index in [0.717, 1.165) is 23.4 Å². The first-order valence-corrected chi connectivity index (χ1v) is 6.35. The molecule has 1 aliphatic rings. The molecule has 1 fully saturated rings. The Balaban J connectivity index is 2.09. The Kier molecular flexibility index (Phi) is 3.01. The standard InChI is InChI=1S/C12H17BrN2/c1-3-12(4-2)8-15(9-12)11-10(13)6-5-7-14-11/h5-7H,3-4,8-9H2,1-2H3. The molecule has 0 saturated carbocycles. The lowest BCUT2D eigenvalue weighted by Gasteiger charge is -2.50. The van der Waals surface area contributed by atoms with Crippen LogP contribution < -0.4 is 4.90 Å². The minimum absolute atomic E-state index is 0.539. The molecule has 0 atom stereocenters. The van der Waals surface area contributed by atoms with E-state index in [2.05, 4.69) is 45.7 Å². The van der Waals surface area contributed by atoms with E-state index >= 15 is 0 Å². The van der Waals surface area contributed by atoms with Crippen molar-refractivity contribution in [2.75, 3.05) is 18.0 Å². The molecular weight excluding hydrogens is 252 g/mol. The van der Waals surface area contributed by atoms with E-state index in [1.807, 2.05) is 12.3 Å². The van der Waals surface area contributed by atoms with Crippen LogP contribution in [0.4, 0.5) is 5.82 Å². The third kappa shape index (κ3) is 1.89. The third-order valence-corrected chi connectivity index (χ3v) is 4.21. The van der Waals surface area contributed by atoms with Gasteiger partial charge in [0.15, 0.2) is 0 Å². The lowest BCUT2D eigenvalue weighted by Crippen LogP contribution is -2.56. The summed E-state index contributed by atoms with van der Waals surface area (Å²) in [5, 5.41) is 0. The van der Waals surface area contributed by atoms with Gasteiger partial charge in [-0.05, 0) is 40.9 Å². The number of hydrogen-bond acceptors (Lipinski definition) is 2. The van der Waals surface area contributed by atoms with Crippen LogP contribution in [-0.4, -0.2) is 18.1 Å². The van der Waals surface area contributed by atoms with Crippen molar-refractivity contribution in [1.82, 2.24) is 4.98 Å². The van der Waals surface area contributed by atoms with Crippen molar-refractivity contribution < 1.29 is 0 Å². The van der Waals surface area contributed by atoms with Crippen LogP contribution in [0.1, 0.15) is 26.7 Å². The third-order valence-electron chi connectivity index (χ3n) is 3.59. The van der Waals surface area contributed by atoms with Gasteiger partial charge in [0.05, 0.1) is 4.47 Å². The van der Waals surface area contributed by atoms with Crippen molar-refractivity contribution in [3.05, 3.63) is 22.8 Å². The molecule has 1 aromatic rings. The number of hydrogen-bond donors (Lipinski definition) is 0. The van der Waals surface area contributed by atoms with Gasteiger partial charge in [0.25, 0.3) is 0 Å². The topological polar surface area (TPSA) is 16.1 Å². The highest BCUT2D eigenvalue weighted by Crippen LogP contribution is 2.40. The molecule has 0 bridgehead atoms. The van der Waals surface area contributed by atoms with Crippen molar-refractivity contribution >= 4 is 21.7 Å². The molecule has 0 unspecified atom stereocenters. The zero-order valence-electron chi connectivity index (χ0n) is 9.33. The van der Waals surface area contributed by atoms with Crippen LogP contribution in [0.25, 0.3) is 0 Å². The Morgan fingerprint density at radius 1 is 1.40 bits per heavy atom. The van der Waals surface area contributed by atoms with Crippen molar-refractivity contribution in [1.29, 1.82) is 0 Å². The average molecular weight is 269 g/mol. The molecule has 0 N–H and O–H groups in total. The Morgan fingerprint density at radius 3 is 2.60 bits per heavy atom. The maximum absolute atomic E-state index is 4.41. The summed E-state index contributed by atoms with van der Waals surface area (Å²) in [6.45, 7) is 6.87. The first kappa shape index (κ1) is 10.9. The van der Waals surface area contributed by atoms with Crippen molar-refractivity contribution in [2.45, 2.75) is 26.7 Å². The lowest BCUT2D eigenvalue weighted by atomic mass is 9.75. The summed E-state index contributed by atoms with van der Waals surface area (Å²) in [6.07, 6.45) is 4.40. The quantitative estimate of drug-likeness (QED) is 0.835. The van der Waals surface area contributed by atoms with E-state index in [9.17, 15) is 0 Å².